The molecule has 96 valence electrons. The van der Waals surface area contributed by atoms with Crippen molar-refractivity contribution in [2.45, 2.75) is 25.9 Å². The zero-order valence-electron chi connectivity index (χ0n) is 11.0. The maximum atomic E-state index is 5.82. The van der Waals surface area contributed by atoms with Crippen LogP contribution in [0.15, 0.2) is 35.8 Å². The van der Waals surface area contributed by atoms with E-state index in [4.69, 9.17) is 5.73 Å². The molecule has 0 amide bonds. The van der Waals surface area contributed by atoms with Crippen LogP contribution >= 0.6 is 11.3 Å². The molecule has 3 nitrogen and oxygen atoms in total. The lowest BCUT2D eigenvalue weighted by Gasteiger charge is -2.25. The third-order valence-corrected chi connectivity index (χ3v) is 4.24. The van der Waals surface area contributed by atoms with Gasteiger partial charge < -0.3 is 10.6 Å². The third kappa shape index (κ3) is 2.71. The summed E-state index contributed by atoms with van der Waals surface area (Å²) in [6, 6.07) is 8.68. The molecule has 0 bridgehead atoms. The highest BCUT2D eigenvalue weighted by atomic mass is 32.1. The van der Waals surface area contributed by atoms with E-state index in [2.05, 4.69) is 41.4 Å². The molecule has 0 spiro atoms. The van der Waals surface area contributed by atoms with Gasteiger partial charge in [0.15, 0.2) is 0 Å². The van der Waals surface area contributed by atoms with Gasteiger partial charge in [-0.3, -0.25) is 0 Å². The largest absolute Gasteiger partial charge is 0.352 e. The van der Waals surface area contributed by atoms with Crippen LogP contribution in [-0.4, -0.2) is 12.0 Å². The molecule has 0 fully saturated rings. The number of hydrogen-bond acceptors (Lipinski definition) is 4. The first kappa shape index (κ1) is 13.1. The molecule has 18 heavy (non-hydrogen) atoms. The lowest BCUT2D eigenvalue weighted by Crippen LogP contribution is -2.22. The Labute approximate surface area is 112 Å². The fourth-order valence-corrected chi connectivity index (χ4v) is 2.62. The van der Waals surface area contributed by atoms with Gasteiger partial charge in [0.25, 0.3) is 0 Å². The van der Waals surface area contributed by atoms with E-state index in [1.807, 2.05) is 25.3 Å². The van der Waals surface area contributed by atoms with Crippen molar-refractivity contribution >= 4 is 17.2 Å². The number of pyridine rings is 1. The molecule has 0 aliphatic carbocycles. The average molecular weight is 261 g/mol. The summed E-state index contributed by atoms with van der Waals surface area (Å²) in [5.41, 5.74) is 6.89. The van der Waals surface area contributed by atoms with Crippen molar-refractivity contribution in [2.24, 2.45) is 5.73 Å². The quantitative estimate of drug-likeness (QED) is 0.917. The molecule has 2 aromatic rings. The van der Waals surface area contributed by atoms with Crippen LogP contribution in [-0.2, 0) is 0 Å². The summed E-state index contributed by atoms with van der Waals surface area (Å²) in [4.78, 5) is 8.00. The van der Waals surface area contributed by atoms with Gasteiger partial charge in [-0.2, -0.15) is 0 Å². The van der Waals surface area contributed by atoms with Gasteiger partial charge in [-0.15, -0.1) is 11.3 Å². The van der Waals surface area contributed by atoms with Crippen LogP contribution in [0.1, 0.15) is 36.4 Å². The fourth-order valence-electron chi connectivity index (χ4n) is 1.79. The molecular formula is C14H19N3S. The van der Waals surface area contributed by atoms with Crippen LogP contribution in [0, 0.1) is 0 Å². The van der Waals surface area contributed by atoms with Gasteiger partial charge in [0.2, 0.25) is 0 Å². The highest BCUT2D eigenvalue weighted by Gasteiger charge is 2.14. The minimum Gasteiger partial charge on any atom is -0.352 e. The zero-order chi connectivity index (χ0) is 13.1. The van der Waals surface area contributed by atoms with Crippen molar-refractivity contribution in [3.8, 4) is 0 Å². The summed E-state index contributed by atoms with van der Waals surface area (Å²) in [5, 5.41) is 2.10. The van der Waals surface area contributed by atoms with Gasteiger partial charge in [0, 0.05) is 24.2 Å². The third-order valence-electron chi connectivity index (χ3n) is 3.19. The summed E-state index contributed by atoms with van der Waals surface area (Å²) >= 11 is 1.77. The van der Waals surface area contributed by atoms with Crippen molar-refractivity contribution in [1.29, 1.82) is 0 Å². The minimum atomic E-state index is 0.0339. The molecule has 2 aromatic heterocycles. The van der Waals surface area contributed by atoms with Crippen molar-refractivity contribution in [3.63, 3.8) is 0 Å². The Morgan fingerprint density at radius 3 is 2.56 bits per heavy atom. The van der Waals surface area contributed by atoms with Crippen molar-refractivity contribution in [1.82, 2.24) is 4.98 Å². The number of nitrogens with zero attached hydrogens (tertiary/aromatic N) is 2. The first-order valence-corrected chi connectivity index (χ1v) is 6.95. The summed E-state index contributed by atoms with van der Waals surface area (Å²) in [6.07, 6.45) is 1.86. The first-order chi connectivity index (χ1) is 8.59. The van der Waals surface area contributed by atoms with E-state index in [1.165, 1.54) is 4.88 Å². The second-order valence-corrected chi connectivity index (χ2v) is 5.52. The van der Waals surface area contributed by atoms with Gasteiger partial charge in [0.1, 0.15) is 5.82 Å². The van der Waals surface area contributed by atoms with E-state index >= 15 is 0 Å². The molecule has 0 saturated heterocycles. The molecular weight excluding hydrogens is 242 g/mol. The highest BCUT2D eigenvalue weighted by Crippen LogP contribution is 2.27. The van der Waals surface area contributed by atoms with Crippen LogP contribution in [0.4, 0.5) is 5.82 Å². The maximum absolute atomic E-state index is 5.82. The Kier molecular flexibility index (Phi) is 3.99. The summed E-state index contributed by atoms with van der Waals surface area (Å²) in [6.45, 7) is 4.15. The predicted octanol–water partition coefficient (Wildman–Crippen LogP) is 3.36. The number of nitrogens with two attached hydrogens (primary N) is 1. The highest BCUT2D eigenvalue weighted by molar-refractivity contribution is 7.10. The van der Waals surface area contributed by atoms with E-state index < -0.39 is 0 Å². The maximum Gasteiger partial charge on any atom is 0.128 e. The predicted molar refractivity (Wildman–Crippen MR) is 78.0 cm³/mol. The Bertz CT molecular complexity index is 476. The summed E-state index contributed by atoms with van der Waals surface area (Å²) < 4.78 is 0. The Morgan fingerprint density at radius 2 is 2.06 bits per heavy atom. The number of rotatable bonds is 4. The lowest BCUT2D eigenvalue weighted by atomic mass is 10.1. The van der Waals surface area contributed by atoms with Gasteiger partial charge >= 0.3 is 0 Å². The summed E-state index contributed by atoms with van der Waals surface area (Å²) in [7, 11) is 2.07. The molecule has 0 radical (unpaired) electrons. The van der Waals surface area contributed by atoms with E-state index in [0.717, 1.165) is 11.4 Å². The van der Waals surface area contributed by atoms with Crippen molar-refractivity contribution < 1.29 is 0 Å². The number of thiophene rings is 1. The van der Waals surface area contributed by atoms with E-state index in [0.29, 0.717) is 6.04 Å². The minimum absolute atomic E-state index is 0.0339. The Morgan fingerprint density at radius 1 is 1.28 bits per heavy atom. The normalized spacial score (nSPS) is 14.2. The van der Waals surface area contributed by atoms with Crippen LogP contribution in [0.3, 0.4) is 0 Å². The Hall–Kier alpha value is -1.39. The van der Waals surface area contributed by atoms with Crippen LogP contribution < -0.4 is 10.6 Å². The number of hydrogen-bond donors (Lipinski definition) is 1. The van der Waals surface area contributed by atoms with Gasteiger partial charge in [0.05, 0.1) is 6.04 Å². The van der Waals surface area contributed by atoms with Crippen LogP contribution in [0.2, 0.25) is 0 Å². The first-order valence-electron chi connectivity index (χ1n) is 6.07. The van der Waals surface area contributed by atoms with E-state index in [-0.39, 0.29) is 6.04 Å². The monoisotopic (exact) mass is 261 g/mol. The van der Waals surface area contributed by atoms with Gasteiger partial charge in [-0.05, 0) is 36.9 Å². The van der Waals surface area contributed by atoms with Crippen LogP contribution in [0.25, 0.3) is 0 Å². The zero-order valence-corrected chi connectivity index (χ0v) is 11.8. The topological polar surface area (TPSA) is 42.1 Å². The molecule has 2 rings (SSSR count). The van der Waals surface area contributed by atoms with Gasteiger partial charge in [-0.1, -0.05) is 12.1 Å². The van der Waals surface area contributed by atoms with E-state index in [9.17, 15) is 0 Å². The molecule has 0 aliphatic rings. The lowest BCUT2D eigenvalue weighted by molar-refractivity contribution is 0.738. The average Bonchev–Trinajstić information content (AvgIpc) is 2.91. The van der Waals surface area contributed by atoms with E-state index in [1.54, 1.807) is 11.3 Å². The smallest absolute Gasteiger partial charge is 0.128 e. The fraction of sp³-hybridized carbons (Fsp3) is 0.357. The SMILES string of the molecule is CC(c1cccs1)N(C)c1ccc([C@@H](C)N)cn1. The molecule has 0 saturated carbocycles. The Balaban J connectivity index is 2.16. The molecule has 2 N–H and O–H groups in total. The van der Waals surface area contributed by atoms with Gasteiger partial charge in [-0.25, -0.2) is 4.98 Å². The standard InChI is InChI=1S/C14H19N3S/c1-10(15)12-6-7-14(16-9-12)17(3)11(2)13-5-4-8-18-13/h4-11H,15H2,1-3H3/t10-,11?/m1/s1. The molecule has 2 heterocycles. The molecule has 4 heteroatoms. The molecule has 0 aromatic carbocycles. The van der Waals surface area contributed by atoms with Crippen molar-refractivity contribution in [2.75, 3.05) is 11.9 Å². The second-order valence-electron chi connectivity index (χ2n) is 4.54. The van der Waals surface area contributed by atoms with Crippen LogP contribution in [0.5, 0.6) is 0 Å². The second kappa shape index (κ2) is 5.50. The molecule has 2 atom stereocenters. The number of anilines is 1. The molecule has 0 aliphatic heterocycles. The van der Waals surface area contributed by atoms with Crippen molar-refractivity contribution in [3.05, 3.63) is 46.3 Å². The molecule has 1 unspecified atom stereocenters. The number of aromatic nitrogens is 1. The summed E-state index contributed by atoms with van der Waals surface area (Å²) in [5.74, 6) is 0.973.